The van der Waals surface area contributed by atoms with Gasteiger partial charge < -0.3 is 5.32 Å². The molecule has 164 valence electrons. The van der Waals surface area contributed by atoms with Crippen LogP contribution < -0.4 is 5.32 Å². The lowest BCUT2D eigenvalue weighted by Crippen LogP contribution is -2.41. The molecule has 0 radical (unpaired) electrons. The predicted octanol–water partition coefficient (Wildman–Crippen LogP) is 2.35. The van der Waals surface area contributed by atoms with Crippen molar-refractivity contribution in [3.8, 4) is 6.07 Å². The van der Waals surface area contributed by atoms with E-state index in [0.717, 1.165) is 5.69 Å². The zero-order valence-electron chi connectivity index (χ0n) is 17.5. The Morgan fingerprint density at radius 2 is 1.97 bits per heavy atom. The van der Waals surface area contributed by atoms with E-state index in [2.05, 4.69) is 16.5 Å². The number of sulfonamides is 1. The number of amides is 1. The second-order valence-electron chi connectivity index (χ2n) is 7.55. The van der Waals surface area contributed by atoms with Crippen LogP contribution in [0.25, 0.3) is 0 Å². The number of piperidine rings is 1. The highest BCUT2D eigenvalue weighted by molar-refractivity contribution is 7.89. The first-order valence-electron chi connectivity index (χ1n) is 10.1. The molecule has 0 saturated carbocycles. The molecule has 9 nitrogen and oxygen atoms in total. The number of carbonyl (C=O) groups is 2. The van der Waals surface area contributed by atoms with Crippen LogP contribution in [0.5, 0.6) is 0 Å². The Balaban J connectivity index is 1.64. The van der Waals surface area contributed by atoms with Gasteiger partial charge in [0.15, 0.2) is 5.78 Å². The van der Waals surface area contributed by atoms with Crippen molar-refractivity contribution in [2.45, 2.75) is 44.6 Å². The van der Waals surface area contributed by atoms with Crippen LogP contribution in [-0.4, -0.2) is 47.3 Å². The number of anilines is 1. The smallest absolute Gasteiger partial charge is 0.243 e. The van der Waals surface area contributed by atoms with Crippen molar-refractivity contribution in [3.63, 3.8) is 0 Å². The van der Waals surface area contributed by atoms with Gasteiger partial charge in [0.25, 0.3) is 0 Å². The molecule has 1 fully saturated rings. The maximum absolute atomic E-state index is 13.0. The molecule has 1 amide bonds. The van der Waals surface area contributed by atoms with Crippen molar-refractivity contribution in [3.05, 3.63) is 41.6 Å². The second kappa shape index (κ2) is 9.41. The number of aryl methyl sites for hydroxylation is 2. The number of Topliss-reactive ketones (excluding diaryl/α,β-unsaturated/α-hetero) is 1. The molecule has 1 N–H and O–H groups in total. The maximum atomic E-state index is 13.0. The summed E-state index contributed by atoms with van der Waals surface area (Å²) in [6, 6.07) is 9.81. The molecule has 3 rings (SSSR count). The Hall–Kier alpha value is -3.03. The summed E-state index contributed by atoms with van der Waals surface area (Å²) in [6.07, 6.45) is 1.07. The summed E-state index contributed by atoms with van der Waals surface area (Å²) in [7, 11) is -3.74. The van der Waals surface area contributed by atoms with Crippen molar-refractivity contribution in [1.82, 2.24) is 14.1 Å². The molecule has 1 aromatic carbocycles. The Labute approximate surface area is 181 Å². The van der Waals surface area contributed by atoms with Crippen LogP contribution >= 0.6 is 0 Å². The van der Waals surface area contributed by atoms with Crippen LogP contribution in [0.4, 0.5) is 5.82 Å². The normalized spacial score (nSPS) is 15.4. The molecule has 2 aromatic rings. The summed E-state index contributed by atoms with van der Waals surface area (Å²) in [6.45, 7) is 4.03. The Bertz CT molecular complexity index is 1120. The number of rotatable bonds is 7. The Morgan fingerprint density at radius 3 is 2.61 bits per heavy atom. The fraction of sp³-hybridized carbons (Fsp3) is 0.429. The van der Waals surface area contributed by atoms with E-state index >= 15 is 0 Å². The van der Waals surface area contributed by atoms with E-state index in [0.29, 0.717) is 30.8 Å². The zero-order valence-corrected chi connectivity index (χ0v) is 18.4. The van der Waals surface area contributed by atoms with Gasteiger partial charge in [-0.1, -0.05) is 12.1 Å². The van der Waals surface area contributed by atoms with Gasteiger partial charge >= 0.3 is 0 Å². The predicted molar refractivity (Wildman–Crippen MR) is 114 cm³/mol. The van der Waals surface area contributed by atoms with Crippen LogP contribution in [0.15, 0.2) is 35.2 Å². The Kier molecular flexibility index (Phi) is 6.87. The zero-order chi connectivity index (χ0) is 22.6. The molecular weight excluding hydrogens is 418 g/mol. The first-order valence-corrected chi connectivity index (χ1v) is 11.5. The first kappa shape index (κ1) is 22.7. The van der Waals surface area contributed by atoms with Gasteiger partial charge in [-0.2, -0.15) is 14.7 Å². The first-order chi connectivity index (χ1) is 14.7. The van der Waals surface area contributed by atoms with E-state index < -0.39 is 10.0 Å². The minimum absolute atomic E-state index is 0.0833. The van der Waals surface area contributed by atoms with Gasteiger partial charge in [-0.25, -0.2) is 13.1 Å². The highest BCUT2D eigenvalue weighted by Crippen LogP contribution is 2.25. The molecular formula is C21H25N5O4S. The van der Waals surface area contributed by atoms with Crippen molar-refractivity contribution in [2.24, 2.45) is 5.92 Å². The summed E-state index contributed by atoms with van der Waals surface area (Å²) >= 11 is 0. The SMILES string of the molecule is CC(=O)c1cccc(S(=O)(=O)N2CCC(C(=O)Nc3cc(C)nn3CCC#N)CC2)c1. The number of nitriles is 1. The number of carbonyl (C=O) groups excluding carboxylic acids is 2. The van der Waals surface area contributed by atoms with E-state index in [9.17, 15) is 18.0 Å². The third-order valence-electron chi connectivity index (χ3n) is 5.29. The number of hydrogen-bond acceptors (Lipinski definition) is 6. The second-order valence-corrected chi connectivity index (χ2v) is 9.49. The lowest BCUT2D eigenvalue weighted by Gasteiger charge is -2.30. The van der Waals surface area contributed by atoms with Crippen LogP contribution in [-0.2, 0) is 21.4 Å². The van der Waals surface area contributed by atoms with Crippen molar-refractivity contribution in [1.29, 1.82) is 5.26 Å². The van der Waals surface area contributed by atoms with E-state index in [-0.39, 0.29) is 42.0 Å². The fourth-order valence-corrected chi connectivity index (χ4v) is 5.10. The van der Waals surface area contributed by atoms with Crippen molar-refractivity contribution in [2.75, 3.05) is 18.4 Å². The summed E-state index contributed by atoms with van der Waals surface area (Å²) in [5.41, 5.74) is 1.08. The van der Waals surface area contributed by atoms with Crippen LogP contribution in [0.1, 0.15) is 42.2 Å². The maximum Gasteiger partial charge on any atom is 0.243 e. The third-order valence-corrected chi connectivity index (χ3v) is 7.19. The van der Waals surface area contributed by atoms with E-state index in [1.165, 1.54) is 23.4 Å². The molecule has 0 aliphatic carbocycles. The van der Waals surface area contributed by atoms with Gasteiger partial charge in [0.05, 0.1) is 29.6 Å². The monoisotopic (exact) mass is 443 g/mol. The highest BCUT2D eigenvalue weighted by Gasteiger charge is 2.32. The number of aromatic nitrogens is 2. The van der Waals surface area contributed by atoms with Crippen molar-refractivity contribution < 1.29 is 18.0 Å². The summed E-state index contributed by atoms with van der Waals surface area (Å²) < 4.78 is 28.9. The lowest BCUT2D eigenvalue weighted by atomic mass is 9.97. The summed E-state index contributed by atoms with van der Waals surface area (Å²) in [5, 5.41) is 15.9. The molecule has 0 unspecified atom stereocenters. The number of nitrogens with one attached hydrogen (secondary N) is 1. The summed E-state index contributed by atoms with van der Waals surface area (Å²) in [4.78, 5) is 24.4. The average molecular weight is 444 g/mol. The number of ketones is 1. The number of hydrogen-bond donors (Lipinski definition) is 1. The van der Waals surface area contributed by atoms with E-state index in [1.54, 1.807) is 22.9 Å². The van der Waals surface area contributed by atoms with E-state index in [1.807, 2.05) is 6.92 Å². The average Bonchev–Trinajstić information content (AvgIpc) is 3.11. The van der Waals surface area contributed by atoms with Gasteiger partial charge in [-0.15, -0.1) is 0 Å². The van der Waals surface area contributed by atoms with Crippen LogP contribution in [0, 0.1) is 24.2 Å². The molecule has 0 bridgehead atoms. The van der Waals surface area contributed by atoms with Crippen LogP contribution in [0.3, 0.4) is 0 Å². The summed E-state index contributed by atoms with van der Waals surface area (Å²) in [5.74, 6) is -0.172. The molecule has 2 heterocycles. The van der Waals surface area contributed by atoms with Gasteiger partial charge in [0, 0.05) is 30.6 Å². The third kappa shape index (κ3) is 5.18. The van der Waals surface area contributed by atoms with Gasteiger partial charge in [-0.3, -0.25) is 9.59 Å². The molecule has 10 heteroatoms. The molecule has 0 spiro atoms. The molecule has 0 atom stereocenters. The number of nitrogens with zero attached hydrogens (tertiary/aromatic N) is 4. The standard InChI is InChI=1S/C21H25N5O4S/c1-15-13-20(26(24-15)10-4-9-22)23-21(28)17-7-11-25(12-8-17)31(29,30)19-6-3-5-18(14-19)16(2)27/h3,5-6,13-14,17H,4,7-8,10-12H2,1-2H3,(H,23,28). The largest absolute Gasteiger partial charge is 0.311 e. The minimum atomic E-state index is -3.74. The fourth-order valence-electron chi connectivity index (χ4n) is 3.58. The van der Waals surface area contributed by atoms with Gasteiger partial charge in [0.2, 0.25) is 15.9 Å². The number of benzene rings is 1. The van der Waals surface area contributed by atoms with Gasteiger partial charge in [0.1, 0.15) is 5.82 Å². The molecule has 31 heavy (non-hydrogen) atoms. The quantitative estimate of drug-likeness (QED) is 0.655. The minimum Gasteiger partial charge on any atom is -0.311 e. The molecule has 1 aromatic heterocycles. The van der Waals surface area contributed by atoms with Crippen molar-refractivity contribution >= 4 is 27.5 Å². The highest BCUT2D eigenvalue weighted by atomic mass is 32.2. The molecule has 1 aliphatic heterocycles. The Morgan fingerprint density at radius 1 is 1.26 bits per heavy atom. The van der Waals surface area contributed by atoms with E-state index in [4.69, 9.17) is 5.26 Å². The molecule has 1 aliphatic rings. The topological polar surface area (TPSA) is 125 Å². The lowest BCUT2D eigenvalue weighted by molar-refractivity contribution is -0.121. The molecule has 1 saturated heterocycles. The van der Waals surface area contributed by atoms with Gasteiger partial charge in [-0.05, 0) is 38.8 Å². The van der Waals surface area contributed by atoms with Crippen LogP contribution in [0.2, 0.25) is 0 Å².